The van der Waals surface area contributed by atoms with Crippen molar-refractivity contribution in [3.05, 3.63) is 35.4 Å². The summed E-state index contributed by atoms with van der Waals surface area (Å²) in [6, 6.07) is 9.24. The Morgan fingerprint density at radius 1 is 1.27 bits per heavy atom. The number of likely N-dealkylation sites (N-methyl/N-ethyl adjacent to an activating group) is 1. The number of guanidine groups is 1. The number of morpholine rings is 1. The molecule has 1 aromatic carbocycles. The predicted molar refractivity (Wildman–Crippen MR) is 106 cm³/mol. The average Bonchev–Trinajstić information content (AvgIpc) is 3.13. The average molecular weight is 360 g/mol. The summed E-state index contributed by atoms with van der Waals surface area (Å²) in [5, 5.41) is 3.30. The zero-order chi connectivity index (χ0) is 18.2. The monoisotopic (exact) mass is 359 g/mol. The molecule has 0 spiro atoms. The molecule has 1 unspecified atom stereocenters. The van der Waals surface area contributed by atoms with E-state index in [4.69, 9.17) is 10.5 Å². The van der Waals surface area contributed by atoms with Crippen LogP contribution in [0, 0.1) is 0 Å². The summed E-state index contributed by atoms with van der Waals surface area (Å²) in [5.41, 5.74) is 8.61. The number of hydrogen-bond donors (Lipinski definition) is 2. The van der Waals surface area contributed by atoms with Gasteiger partial charge in [0.25, 0.3) is 0 Å². The number of ether oxygens (including phenoxy) is 1. The third kappa shape index (κ3) is 5.69. The summed E-state index contributed by atoms with van der Waals surface area (Å²) in [7, 11) is 0. The van der Waals surface area contributed by atoms with Crippen LogP contribution in [0.15, 0.2) is 29.3 Å². The molecular formula is C20H33N5O. The Bertz CT molecular complexity index is 585. The van der Waals surface area contributed by atoms with Crippen molar-refractivity contribution in [3.63, 3.8) is 0 Å². The maximum Gasteiger partial charge on any atom is 0.188 e. The Labute approximate surface area is 157 Å². The standard InChI is InChI=1S/C20H33N5O/c1-2-25-8-4-7-19(25)15-23-20(21)22-14-17-5-3-6-18(13-17)16-24-9-11-26-12-10-24/h3,5-6,13,19H,2,4,7-12,14-16H2,1H3,(H3,21,22,23). The van der Waals surface area contributed by atoms with Gasteiger partial charge in [0.2, 0.25) is 0 Å². The molecule has 0 bridgehead atoms. The van der Waals surface area contributed by atoms with Gasteiger partial charge in [-0.25, -0.2) is 4.99 Å². The molecule has 0 aromatic heterocycles. The van der Waals surface area contributed by atoms with Gasteiger partial charge in [-0.2, -0.15) is 0 Å². The topological polar surface area (TPSA) is 66.1 Å². The highest BCUT2D eigenvalue weighted by Crippen LogP contribution is 2.15. The molecule has 6 nitrogen and oxygen atoms in total. The third-order valence-electron chi connectivity index (χ3n) is 5.36. The van der Waals surface area contributed by atoms with Crippen LogP contribution < -0.4 is 11.1 Å². The van der Waals surface area contributed by atoms with Crippen molar-refractivity contribution in [1.82, 2.24) is 15.1 Å². The van der Waals surface area contributed by atoms with Crippen molar-refractivity contribution < 1.29 is 4.74 Å². The number of aliphatic imine (C=N–C) groups is 1. The summed E-state index contributed by atoms with van der Waals surface area (Å²) >= 11 is 0. The summed E-state index contributed by atoms with van der Waals surface area (Å²) in [6.45, 7) is 10.7. The Balaban J connectivity index is 1.46. The van der Waals surface area contributed by atoms with Gasteiger partial charge in [0, 0.05) is 32.2 Å². The van der Waals surface area contributed by atoms with Crippen molar-refractivity contribution in [2.75, 3.05) is 45.9 Å². The SMILES string of the molecule is CCN1CCCC1CNC(N)=NCc1cccc(CN2CCOCC2)c1. The Hall–Kier alpha value is -1.63. The maximum atomic E-state index is 6.07. The fraction of sp³-hybridized carbons (Fsp3) is 0.650. The molecule has 144 valence electrons. The van der Waals surface area contributed by atoms with Crippen LogP contribution in [0.5, 0.6) is 0 Å². The van der Waals surface area contributed by atoms with Gasteiger partial charge >= 0.3 is 0 Å². The van der Waals surface area contributed by atoms with Crippen LogP contribution in [0.3, 0.4) is 0 Å². The first-order chi connectivity index (χ1) is 12.7. The molecule has 2 aliphatic heterocycles. The number of nitrogens with zero attached hydrogens (tertiary/aromatic N) is 3. The lowest BCUT2D eigenvalue weighted by atomic mass is 10.1. The zero-order valence-corrected chi connectivity index (χ0v) is 16.0. The highest BCUT2D eigenvalue weighted by molar-refractivity contribution is 5.77. The normalized spacial score (nSPS) is 22.7. The first kappa shape index (κ1) is 19.1. The van der Waals surface area contributed by atoms with E-state index in [0.717, 1.165) is 45.9 Å². The molecule has 0 saturated carbocycles. The minimum absolute atomic E-state index is 0.548. The predicted octanol–water partition coefficient (Wildman–Crippen LogP) is 1.41. The molecule has 0 radical (unpaired) electrons. The number of nitrogens with one attached hydrogen (secondary N) is 1. The molecule has 1 atom stereocenters. The lowest BCUT2D eigenvalue weighted by molar-refractivity contribution is 0.0342. The molecule has 6 heteroatoms. The van der Waals surface area contributed by atoms with Gasteiger partial charge in [0.05, 0.1) is 19.8 Å². The second-order valence-electron chi connectivity index (χ2n) is 7.22. The van der Waals surface area contributed by atoms with E-state index < -0.39 is 0 Å². The molecule has 0 aliphatic carbocycles. The summed E-state index contributed by atoms with van der Waals surface area (Å²) in [6.07, 6.45) is 2.53. The second kappa shape index (κ2) is 9.90. The van der Waals surface area contributed by atoms with Gasteiger partial charge in [0.1, 0.15) is 0 Å². The zero-order valence-electron chi connectivity index (χ0n) is 16.0. The van der Waals surface area contributed by atoms with Crippen LogP contribution >= 0.6 is 0 Å². The number of hydrogen-bond acceptors (Lipinski definition) is 4. The summed E-state index contributed by atoms with van der Waals surface area (Å²) < 4.78 is 5.42. The van der Waals surface area contributed by atoms with Crippen LogP contribution in [0.4, 0.5) is 0 Å². The van der Waals surface area contributed by atoms with Gasteiger partial charge in [-0.1, -0.05) is 31.2 Å². The Morgan fingerprint density at radius 2 is 2.08 bits per heavy atom. The van der Waals surface area contributed by atoms with Crippen molar-refractivity contribution in [1.29, 1.82) is 0 Å². The van der Waals surface area contributed by atoms with Gasteiger partial charge in [-0.3, -0.25) is 9.80 Å². The van der Waals surface area contributed by atoms with Gasteiger partial charge < -0.3 is 15.8 Å². The molecule has 3 rings (SSSR count). The molecule has 3 N–H and O–H groups in total. The maximum absolute atomic E-state index is 6.07. The van der Waals surface area contributed by atoms with Gasteiger partial charge in [-0.05, 0) is 37.1 Å². The van der Waals surface area contributed by atoms with Crippen molar-refractivity contribution in [2.45, 2.75) is 38.9 Å². The molecule has 2 aliphatic rings. The van der Waals surface area contributed by atoms with E-state index in [9.17, 15) is 0 Å². The lowest BCUT2D eigenvalue weighted by Crippen LogP contribution is -2.42. The number of rotatable bonds is 7. The number of likely N-dealkylation sites (tertiary alicyclic amines) is 1. The largest absolute Gasteiger partial charge is 0.379 e. The van der Waals surface area contributed by atoms with Crippen LogP contribution in [-0.2, 0) is 17.8 Å². The first-order valence-corrected chi connectivity index (χ1v) is 9.90. The number of nitrogens with two attached hydrogens (primary N) is 1. The van der Waals surface area contributed by atoms with E-state index in [1.54, 1.807) is 0 Å². The van der Waals surface area contributed by atoms with Crippen LogP contribution in [-0.4, -0.2) is 67.7 Å². The van der Waals surface area contributed by atoms with Crippen LogP contribution in [0.1, 0.15) is 30.9 Å². The lowest BCUT2D eigenvalue weighted by Gasteiger charge is -2.26. The smallest absolute Gasteiger partial charge is 0.188 e. The Morgan fingerprint density at radius 3 is 2.88 bits per heavy atom. The quantitative estimate of drug-likeness (QED) is 0.569. The van der Waals surface area contributed by atoms with Crippen molar-refractivity contribution in [2.24, 2.45) is 10.7 Å². The molecular weight excluding hydrogens is 326 g/mol. The van der Waals surface area contributed by atoms with E-state index in [1.807, 2.05) is 0 Å². The highest BCUT2D eigenvalue weighted by Gasteiger charge is 2.22. The number of benzene rings is 1. The summed E-state index contributed by atoms with van der Waals surface area (Å²) in [4.78, 5) is 9.47. The van der Waals surface area contributed by atoms with Crippen LogP contribution in [0.25, 0.3) is 0 Å². The van der Waals surface area contributed by atoms with E-state index in [-0.39, 0.29) is 0 Å². The van der Waals surface area contributed by atoms with Gasteiger partial charge in [0.15, 0.2) is 5.96 Å². The second-order valence-corrected chi connectivity index (χ2v) is 7.22. The van der Waals surface area contributed by atoms with E-state index in [1.165, 1.54) is 30.5 Å². The molecule has 2 saturated heterocycles. The first-order valence-electron chi connectivity index (χ1n) is 9.90. The third-order valence-corrected chi connectivity index (χ3v) is 5.36. The fourth-order valence-electron chi connectivity index (χ4n) is 3.84. The summed E-state index contributed by atoms with van der Waals surface area (Å²) in [5.74, 6) is 0.548. The van der Waals surface area contributed by atoms with E-state index in [2.05, 4.69) is 51.3 Å². The molecule has 1 aromatic rings. The molecule has 26 heavy (non-hydrogen) atoms. The van der Waals surface area contributed by atoms with E-state index >= 15 is 0 Å². The van der Waals surface area contributed by atoms with E-state index in [0.29, 0.717) is 18.5 Å². The van der Waals surface area contributed by atoms with Crippen LogP contribution in [0.2, 0.25) is 0 Å². The molecule has 2 heterocycles. The highest BCUT2D eigenvalue weighted by atomic mass is 16.5. The van der Waals surface area contributed by atoms with Crippen molar-refractivity contribution in [3.8, 4) is 0 Å². The fourth-order valence-corrected chi connectivity index (χ4v) is 3.84. The van der Waals surface area contributed by atoms with Gasteiger partial charge in [-0.15, -0.1) is 0 Å². The molecule has 2 fully saturated rings. The minimum Gasteiger partial charge on any atom is -0.379 e. The van der Waals surface area contributed by atoms with Crippen molar-refractivity contribution >= 4 is 5.96 Å². The Kier molecular flexibility index (Phi) is 7.29. The minimum atomic E-state index is 0.548. The molecule has 0 amide bonds.